The number of imide groups is 1. The third-order valence-electron chi connectivity index (χ3n) is 4.09. The minimum absolute atomic E-state index is 0.204. The number of halogens is 1. The molecule has 4 nitrogen and oxygen atoms in total. The van der Waals surface area contributed by atoms with Crippen LogP contribution in [0.5, 0.6) is 5.75 Å². The molecule has 140 valence electrons. The van der Waals surface area contributed by atoms with Crippen molar-refractivity contribution in [2.45, 2.75) is 26.9 Å². The lowest BCUT2D eigenvalue weighted by atomic mass is 10.1. The minimum Gasteiger partial charge on any atom is -0.488 e. The van der Waals surface area contributed by atoms with Crippen LogP contribution in [0.3, 0.4) is 0 Å². The molecule has 1 aliphatic rings. The molecule has 0 aromatic heterocycles. The highest BCUT2D eigenvalue weighted by atomic mass is 79.9. The maximum Gasteiger partial charge on any atom is 0.293 e. The first kappa shape index (κ1) is 19.7. The van der Waals surface area contributed by atoms with Crippen molar-refractivity contribution in [2.24, 2.45) is 0 Å². The van der Waals surface area contributed by atoms with Gasteiger partial charge in [0.05, 0.1) is 9.38 Å². The fraction of sp³-hybridized carbons (Fsp3) is 0.238. The summed E-state index contributed by atoms with van der Waals surface area (Å²) in [7, 11) is 0. The Hall–Kier alpha value is -2.05. The Balaban J connectivity index is 1.70. The zero-order valence-electron chi connectivity index (χ0n) is 15.2. The normalized spacial score (nSPS) is 15.7. The molecule has 1 heterocycles. The number of hydrogen-bond donors (Lipinski definition) is 0. The zero-order chi connectivity index (χ0) is 19.4. The van der Waals surface area contributed by atoms with Gasteiger partial charge >= 0.3 is 0 Å². The summed E-state index contributed by atoms with van der Waals surface area (Å²) in [6.45, 7) is 4.93. The van der Waals surface area contributed by atoms with Crippen molar-refractivity contribution in [3.63, 3.8) is 0 Å². The van der Waals surface area contributed by atoms with Gasteiger partial charge < -0.3 is 4.74 Å². The molecule has 0 unspecified atom stereocenters. The summed E-state index contributed by atoms with van der Waals surface area (Å²) in [4.78, 5) is 26.0. The monoisotopic (exact) mass is 445 g/mol. The van der Waals surface area contributed by atoms with Crippen LogP contribution in [0.2, 0.25) is 0 Å². The Labute approximate surface area is 171 Å². The maximum atomic E-state index is 12.3. The molecule has 0 aliphatic carbocycles. The molecule has 0 spiro atoms. The van der Waals surface area contributed by atoms with Crippen molar-refractivity contribution in [1.29, 1.82) is 0 Å². The summed E-state index contributed by atoms with van der Waals surface area (Å²) >= 11 is 4.51. The van der Waals surface area contributed by atoms with Crippen molar-refractivity contribution in [3.8, 4) is 5.75 Å². The molecule has 1 aliphatic heterocycles. The number of ether oxygens (including phenoxy) is 1. The molecular weight excluding hydrogens is 426 g/mol. The summed E-state index contributed by atoms with van der Waals surface area (Å²) in [6.07, 6.45) is 2.50. The van der Waals surface area contributed by atoms with Crippen LogP contribution in [0.1, 0.15) is 30.0 Å². The molecule has 27 heavy (non-hydrogen) atoms. The molecule has 2 aromatic rings. The summed E-state index contributed by atoms with van der Waals surface area (Å²) in [5, 5.41) is -0.204. The van der Waals surface area contributed by atoms with E-state index in [-0.39, 0.29) is 11.1 Å². The predicted octanol–water partition coefficient (Wildman–Crippen LogP) is 5.78. The lowest BCUT2D eigenvalue weighted by Crippen LogP contribution is -2.28. The van der Waals surface area contributed by atoms with Crippen LogP contribution in [-0.4, -0.2) is 22.6 Å². The van der Waals surface area contributed by atoms with Crippen LogP contribution in [0, 0.1) is 6.92 Å². The van der Waals surface area contributed by atoms with Crippen LogP contribution < -0.4 is 4.74 Å². The molecule has 0 N–H and O–H groups in total. The van der Waals surface area contributed by atoms with Gasteiger partial charge in [-0.15, -0.1) is 0 Å². The predicted molar refractivity (Wildman–Crippen MR) is 113 cm³/mol. The Morgan fingerprint density at radius 3 is 2.56 bits per heavy atom. The zero-order valence-corrected chi connectivity index (χ0v) is 17.6. The van der Waals surface area contributed by atoms with E-state index in [9.17, 15) is 9.59 Å². The Morgan fingerprint density at radius 1 is 1.15 bits per heavy atom. The van der Waals surface area contributed by atoms with Crippen LogP contribution in [0.25, 0.3) is 6.08 Å². The van der Waals surface area contributed by atoms with Gasteiger partial charge in [0.2, 0.25) is 0 Å². The standard InChI is InChI=1S/C21H20BrNO3S/c1-3-10-23-20(24)19(27-21(23)25)12-16-8-9-18(17(22)11-16)26-13-15-6-4-14(2)5-7-15/h4-9,11-12H,3,10,13H2,1-2H3/b19-12+. The first-order chi connectivity index (χ1) is 13.0. The number of rotatable bonds is 6. The van der Waals surface area contributed by atoms with E-state index in [1.54, 1.807) is 6.08 Å². The third kappa shape index (κ3) is 4.82. The highest BCUT2D eigenvalue weighted by Crippen LogP contribution is 2.34. The average molecular weight is 446 g/mol. The third-order valence-corrected chi connectivity index (χ3v) is 5.62. The summed E-state index contributed by atoms with van der Waals surface area (Å²) in [5.41, 5.74) is 3.15. The summed E-state index contributed by atoms with van der Waals surface area (Å²) in [5.74, 6) is 0.509. The second kappa shape index (κ2) is 8.76. The van der Waals surface area contributed by atoms with Gasteiger partial charge in [-0.3, -0.25) is 14.5 Å². The largest absolute Gasteiger partial charge is 0.488 e. The molecule has 0 saturated carbocycles. The molecule has 1 saturated heterocycles. The lowest BCUT2D eigenvalue weighted by Gasteiger charge is -2.10. The highest BCUT2D eigenvalue weighted by molar-refractivity contribution is 9.10. The van der Waals surface area contributed by atoms with E-state index in [0.717, 1.165) is 39.5 Å². The van der Waals surface area contributed by atoms with Crippen LogP contribution in [-0.2, 0) is 11.4 Å². The van der Waals surface area contributed by atoms with E-state index in [1.165, 1.54) is 10.5 Å². The van der Waals surface area contributed by atoms with E-state index in [2.05, 4.69) is 35.0 Å². The number of hydrogen-bond acceptors (Lipinski definition) is 4. The molecule has 0 bridgehead atoms. The number of benzene rings is 2. The van der Waals surface area contributed by atoms with Crippen molar-refractivity contribution in [2.75, 3.05) is 6.54 Å². The number of nitrogens with zero attached hydrogens (tertiary/aromatic N) is 1. The second-order valence-corrected chi connectivity index (χ2v) is 8.15. The van der Waals surface area contributed by atoms with Gasteiger partial charge in [-0.25, -0.2) is 0 Å². The number of carbonyl (C=O) groups is 2. The van der Waals surface area contributed by atoms with E-state index in [1.807, 2.05) is 37.3 Å². The van der Waals surface area contributed by atoms with E-state index < -0.39 is 0 Å². The van der Waals surface area contributed by atoms with Crippen LogP contribution in [0.4, 0.5) is 4.79 Å². The Kier molecular flexibility index (Phi) is 6.39. The lowest BCUT2D eigenvalue weighted by molar-refractivity contribution is -0.122. The highest BCUT2D eigenvalue weighted by Gasteiger charge is 2.34. The SMILES string of the molecule is CCCN1C(=O)S/C(=C/c2ccc(OCc3ccc(C)cc3)c(Br)c2)C1=O. The molecule has 3 rings (SSSR count). The van der Waals surface area contributed by atoms with E-state index in [0.29, 0.717) is 18.1 Å². The Bertz CT molecular complexity index is 893. The van der Waals surface area contributed by atoms with Gasteiger partial charge in [0.1, 0.15) is 12.4 Å². The number of thioether (sulfide) groups is 1. The average Bonchev–Trinajstić information content (AvgIpc) is 2.90. The number of carbonyl (C=O) groups excluding carboxylic acids is 2. The molecule has 2 aromatic carbocycles. The quantitative estimate of drug-likeness (QED) is 0.528. The van der Waals surface area contributed by atoms with Gasteiger partial charge in [0.15, 0.2) is 0 Å². The van der Waals surface area contributed by atoms with Gasteiger partial charge in [0, 0.05) is 6.54 Å². The van der Waals surface area contributed by atoms with Crippen molar-refractivity contribution < 1.29 is 14.3 Å². The molecule has 0 atom stereocenters. The topological polar surface area (TPSA) is 46.6 Å². The molecule has 0 radical (unpaired) electrons. The van der Waals surface area contributed by atoms with Gasteiger partial charge in [0.25, 0.3) is 11.1 Å². The van der Waals surface area contributed by atoms with E-state index >= 15 is 0 Å². The fourth-order valence-electron chi connectivity index (χ4n) is 2.64. The number of aryl methyl sites for hydroxylation is 1. The van der Waals surface area contributed by atoms with Gasteiger partial charge in [-0.2, -0.15) is 0 Å². The Morgan fingerprint density at radius 2 is 1.89 bits per heavy atom. The molecule has 1 fully saturated rings. The molecular formula is C21H20BrNO3S. The second-order valence-electron chi connectivity index (χ2n) is 6.30. The van der Waals surface area contributed by atoms with E-state index in [4.69, 9.17) is 4.74 Å². The maximum absolute atomic E-state index is 12.3. The van der Waals surface area contributed by atoms with Gasteiger partial charge in [-0.05, 0) is 70.4 Å². The van der Waals surface area contributed by atoms with Crippen LogP contribution >= 0.6 is 27.7 Å². The summed E-state index contributed by atoms with van der Waals surface area (Å²) < 4.78 is 6.67. The van der Waals surface area contributed by atoms with Gasteiger partial charge in [-0.1, -0.05) is 42.8 Å². The number of amides is 2. The first-order valence-corrected chi connectivity index (χ1v) is 10.3. The smallest absolute Gasteiger partial charge is 0.293 e. The molecule has 6 heteroatoms. The van der Waals surface area contributed by atoms with Crippen LogP contribution in [0.15, 0.2) is 51.8 Å². The van der Waals surface area contributed by atoms with Crippen molar-refractivity contribution in [3.05, 3.63) is 68.5 Å². The van der Waals surface area contributed by atoms with Crippen molar-refractivity contribution >= 4 is 44.9 Å². The minimum atomic E-state index is -0.220. The summed E-state index contributed by atoms with van der Waals surface area (Å²) in [6, 6.07) is 13.8. The first-order valence-electron chi connectivity index (χ1n) is 8.71. The van der Waals surface area contributed by atoms with Crippen molar-refractivity contribution in [1.82, 2.24) is 4.90 Å². The molecule has 2 amide bonds. The fourth-order valence-corrected chi connectivity index (χ4v) is 4.01.